The monoisotopic (exact) mass is 524 g/mol. The van der Waals surface area contributed by atoms with Gasteiger partial charge in [0.05, 0.1) is 16.2 Å². The normalized spacial score (nSPS) is 16.7. The zero-order chi connectivity index (χ0) is 27.7. The van der Waals surface area contributed by atoms with Gasteiger partial charge in [0.15, 0.2) is 0 Å². The molecule has 0 aromatic heterocycles. The van der Waals surface area contributed by atoms with E-state index in [-0.39, 0.29) is 22.9 Å². The fourth-order valence-electron chi connectivity index (χ4n) is 4.40. The zero-order valence-electron chi connectivity index (χ0n) is 20.9. The molecule has 0 spiro atoms. The number of imide groups is 1. The second-order valence-electron chi connectivity index (χ2n) is 9.03. The molecule has 3 aromatic carbocycles. The van der Waals surface area contributed by atoms with Gasteiger partial charge in [0.1, 0.15) is 5.70 Å². The Kier molecular flexibility index (Phi) is 6.65. The number of nitro groups is 1. The highest BCUT2D eigenvalue weighted by molar-refractivity contribution is 6.37. The summed E-state index contributed by atoms with van der Waals surface area (Å²) in [5, 5.41) is 20.1. The minimum Gasteiger partial charge on any atom is -0.354 e. The van der Waals surface area contributed by atoms with Crippen molar-refractivity contribution < 1.29 is 19.3 Å². The van der Waals surface area contributed by atoms with Crippen LogP contribution >= 0.6 is 0 Å². The van der Waals surface area contributed by atoms with Crippen molar-refractivity contribution in [2.24, 2.45) is 5.73 Å². The van der Waals surface area contributed by atoms with Gasteiger partial charge < -0.3 is 21.7 Å². The van der Waals surface area contributed by atoms with E-state index in [1.165, 1.54) is 25.2 Å². The minimum absolute atomic E-state index is 0.128. The largest absolute Gasteiger partial charge is 0.354 e. The third kappa shape index (κ3) is 4.98. The predicted octanol–water partition coefficient (Wildman–Crippen LogP) is 3.55. The van der Waals surface area contributed by atoms with E-state index in [9.17, 15) is 24.5 Å². The molecule has 4 amide bonds. The minimum atomic E-state index is -0.502. The zero-order valence-corrected chi connectivity index (χ0v) is 20.9. The molecular formula is C28H24N6O5. The summed E-state index contributed by atoms with van der Waals surface area (Å²) >= 11 is 0. The maximum Gasteiger partial charge on any atom is 0.328 e. The van der Waals surface area contributed by atoms with Crippen LogP contribution in [0.25, 0.3) is 17.3 Å². The van der Waals surface area contributed by atoms with Crippen LogP contribution in [0.2, 0.25) is 0 Å². The van der Waals surface area contributed by atoms with Gasteiger partial charge in [-0.05, 0) is 53.9 Å². The Morgan fingerprint density at radius 1 is 1.03 bits per heavy atom. The van der Waals surface area contributed by atoms with Gasteiger partial charge in [-0.2, -0.15) is 0 Å². The van der Waals surface area contributed by atoms with Crippen molar-refractivity contribution in [1.82, 2.24) is 10.2 Å². The molecule has 0 saturated carbocycles. The fourth-order valence-corrected chi connectivity index (χ4v) is 4.40. The van der Waals surface area contributed by atoms with E-state index in [1.54, 1.807) is 30.3 Å². The molecule has 2 aliphatic heterocycles. The molecule has 0 bridgehead atoms. The van der Waals surface area contributed by atoms with Crippen LogP contribution in [0.15, 0.2) is 72.4 Å². The summed E-state index contributed by atoms with van der Waals surface area (Å²) in [5.74, 6) is -0.813. The number of hydrogen-bond donors (Lipinski definition) is 4. The van der Waals surface area contributed by atoms with Gasteiger partial charge in [-0.15, -0.1) is 0 Å². The van der Waals surface area contributed by atoms with Crippen LogP contribution in [-0.2, 0) is 16.0 Å². The number of amides is 4. The average Bonchev–Trinajstić information content (AvgIpc) is 3.38. The lowest BCUT2D eigenvalue weighted by atomic mass is 9.98. The van der Waals surface area contributed by atoms with E-state index in [0.717, 1.165) is 10.5 Å². The van der Waals surface area contributed by atoms with Crippen molar-refractivity contribution in [3.05, 3.63) is 105 Å². The van der Waals surface area contributed by atoms with Crippen LogP contribution in [0.3, 0.4) is 0 Å². The number of hydrogen-bond acceptors (Lipinski definition) is 7. The van der Waals surface area contributed by atoms with Crippen LogP contribution < -0.4 is 21.7 Å². The number of rotatable bonds is 7. The van der Waals surface area contributed by atoms with Crippen LogP contribution in [0.1, 0.15) is 22.3 Å². The molecular weight excluding hydrogens is 500 g/mol. The molecule has 196 valence electrons. The topological polar surface area (TPSA) is 160 Å². The quantitative estimate of drug-likeness (QED) is 0.159. The number of carbonyl (C=O) groups is 3. The SMILES string of the molecule is CN1C(=O)N/C(=C\c2ccc(N/C(=C3\C(=O)Nc4ccc([N+](=O)[O-])cc43)c3ccc(CCN)cc3)cc2)C1=O. The molecule has 39 heavy (non-hydrogen) atoms. The second kappa shape index (κ2) is 10.2. The summed E-state index contributed by atoms with van der Waals surface area (Å²) in [5.41, 5.74) is 10.4. The lowest BCUT2D eigenvalue weighted by Crippen LogP contribution is -2.25. The molecule has 11 nitrogen and oxygen atoms in total. The molecule has 1 saturated heterocycles. The molecule has 5 N–H and O–H groups in total. The van der Waals surface area contributed by atoms with Gasteiger partial charge in [0.25, 0.3) is 17.5 Å². The van der Waals surface area contributed by atoms with Crippen molar-refractivity contribution in [2.75, 3.05) is 24.2 Å². The number of anilines is 2. The number of nitrogens with two attached hydrogens (primary N) is 1. The predicted molar refractivity (Wildman–Crippen MR) is 147 cm³/mol. The second-order valence-corrected chi connectivity index (χ2v) is 9.03. The van der Waals surface area contributed by atoms with Gasteiger partial charge in [-0.3, -0.25) is 24.6 Å². The van der Waals surface area contributed by atoms with Crippen molar-refractivity contribution in [1.29, 1.82) is 0 Å². The van der Waals surface area contributed by atoms with E-state index in [1.807, 2.05) is 24.3 Å². The van der Waals surface area contributed by atoms with Gasteiger partial charge >= 0.3 is 6.03 Å². The van der Waals surface area contributed by atoms with Crippen LogP contribution in [0.5, 0.6) is 0 Å². The Bertz CT molecular complexity index is 1570. The van der Waals surface area contributed by atoms with Crippen LogP contribution in [0, 0.1) is 10.1 Å². The average molecular weight is 525 g/mol. The lowest BCUT2D eigenvalue weighted by molar-refractivity contribution is -0.384. The highest BCUT2D eigenvalue weighted by Crippen LogP contribution is 2.39. The molecule has 2 heterocycles. The summed E-state index contributed by atoms with van der Waals surface area (Å²) in [4.78, 5) is 49.0. The van der Waals surface area contributed by atoms with Crippen LogP contribution in [-0.4, -0.2) is 41.3 Å². The van der Waals surface area contributed by atoms with Crippen molar-refractivity contribution in [3.63, 3.8) is 0 Å². The number of urea groups is 1. The molecule has 11 heteroatoms. The number of non-ortho nitro benzene ring substituents is 1. The number of benzene rings is 3. The first kappa shape index (κ1) is 25.4. The molecule has 0 aliphatic carbocycles. The van der Waals surface area contributed by atoms with Crippen molar-refractivity contribution in [3.8, 4) is 0 Å². The number of nitrogens with one attached hydrogen (secondary N) is 3. The Labute approximate surface area is 223 Å². The van der Waals surface area contributed by atoms with Crippen molar-refractivity contribution in [2.45, 2.75) is 6.42 Å². The lowest BCUT2D eigenvalue weighted by Gasteiger charge is -2.15. The maximum absolute atomic E-state index is 13.1. The summed E-state index contributed by atoms with van der Waals surface area (Å²) in [7, 11) is 1.40. The first-order valence-electron chi connectivity index (χ1n) is 12.1. The fraction of sp³-hybridized carbons (Fsp3) is 0.107. The van der Waals surface area contributed by atoms with Gasteiger partial charge in [-0.25, -0.2) is 4.79 Å². The van der Waals surface area contributed by atoms with Gasteiger partial charge in [-0.1, -0.05) is 36.4 Å². The first-order valence-corrected chi connectivity index (χ1v) is 12.1. The number of carbonyl (C=O) groups excluding carboxylic acids is 3. The van der Waals surface area contributed by atoms with Gasteiger partial charge in [0, 0.05) is 36.1 Å². The Morgan fingerprint density at radius 3 is 2.36 bits per heavy atom. The maximum atomic E-state index is 13.1. The third-order valence-corrected chi connectivity index (χ3v) is 6.46. The summed E-state index contributed by atoms with van der Waals surface area (Å²) in [6.45, 7) is 0.499. The number of nitro benzene ring substituents is 1. The first-order chi connectivity index (χ1) is 18.7. The smallest absolute Gasteiger partial charge is 0.328 e. The third-order valence-electron chi connectivity index (χ3n) is 6.46. The number of nitrogens with zero attached hydrogens (tertiary/aromatic N) is 2. The summed E-state index contributed by atoms with van der Waals surface area (Å²) in [6.07, 6.45) is 2.27. The highest BCUT2D eigenvalue weighted by Gasteiger charge is 2.31. The molecule has 0 atom stereocenters. The Hall–Kier alpha value is -5.29. The van der Waals surface area contributed by atoms with Gasteiger partial charge in [0.2, 0.25) is 0 Å². The van der Waals surface area contributed by atoms with Crippen LogP contribution in [0.4, 0.5) is 21.9 Å². The molecule has 0 radical (unpaired) electrons. The molecule has 2 aliphatic rings. The van der Waals surface area contributed by atoms with E-state index < -0.39 is 16.9 Å². The Balaban J connectivity index is 1.55. The summed E-state index contributed by atoms with van der Waals surface area (Å²) < 4.78 is 0. The Morgan fingerprint density at radius 2 is 1.74 bits per heavy atom. The molecule has 0 unspecified atom stereocenters. The highest BCUT2D eigenvalue weighted by atomic mass is 16.6. The summed E-state index contributed by atoms with van der Waals surface area (Å²) in [6, 6.07) is 18.4. The van der Waals surface area contributed by atoms with E-state index in [4.69, 9.17) is 5.73 Å². The number of likely N-dealkylation sites (N-methyl/N-ethyl adjacent to an activating group) is 1. The van der Waals surface area contributed by atoms with E-state index in [2.05, 4.69) is 16.0 Å². The van der Waals surface area contributed by atoms with E-state index >= 15 is 0 Å². The number of fused-ring (bicyclic) bond motifs is 1. The molecule has 5 rings (SSSR count). The standard InChI is InChI=1S/C28H24N6O5/c1-33-27(36)23(32-28(33)37)14-17-4-8-19(9-5-17)30-25(18-6-2-16(3-7-18)12-13-29)24-21-15-20(34(38)39)10-11-22(21)31-26(24)35/h2-11,14-15,30H,12-13,29H2,1H3,(H,31,35)(H,32,37)/b23-14-,25-24-. The van der Waals surface area contributed by atoms with Crippen molar-refractivity contribution >= 4 is 52.3 Å². The molecule has 3 aromatic rings. The van der Waals surface area contributed by atoms with E-state index in [0.29, 0.717) is 46.7 Å². The molecule has 1 fully saturated rings.